The molecular formula is C22H15ClN2O4S. The average molecular weight is 439 g/mol. The molecule has 0 saturated carbocycles. The van der Waals surface area contributed by atoms with Crippen LogP contribution in [0.5, 0.6) is 0 Å². The smallest absolute Gasteiger partial charge is 0.337 e. The molecular weight excluding hydrogens is 424 g/mol. The van der Waals surface area contributed by atoms with E-state index < -0.39 is 5.97 Å². The molecule has 4 rings (SSSR count). The third-order valence-electron chi connectivity index (χ3n) is 4.19. The maximum atomic E-state index is 12.2. The number of rotatable bonds is 5. The molecule has 6 nitrogen and oxygen atoms in total. The standard InChI is InChI=1S/C22H15ClN2O4S/c1-28-21(27)14-4-9-17-19(12-14)30-22(24-17)25-20(26)11-8-16-7-10-18(29-16)13-2-5-15(23)6-3-13/h2-12H,1H3,(H,24,25,26)/b11-8+. The van der Waals surface area contributed by atoms with Gasteiger partial charge in [-0.15, -0.1) is 0 Å². The van der Waals surface area contributed by atoms with E-state index in [9.17, 15) is 9.59 Å². The second-order valence-corrected chi connectivity index (χ2v) is 7.69. The quantitative estimate of drug-likeness (QED) is 0.321. The molecule has 1 N–H and O–H groups in total. The Kier molecular flexibility index (Phi) is 5.65. The highest BCUT2D eigenvalue weighted by Crippen LogP contribution is 2.27. The number of hydrogen-bond donors (Lipinski definition) is 1. The van der Waals surface area contributed by atoms with Crippen LogP contribution in [-0.2, 0) is 9.53 Å². The molecule has 8 heteroatoms. The van der Waals surface area contributed by atoms with E-state index in [2.05, 4.69) is 10.3 Å². The molecule has 1 amide bonds. The highest BCUT2D eigenvalue weighted by atomic mass is 35.5. The van der Waals surface area contributed by atoms with Crippen LogP contribution in [0.3, 0.4) is 0 Å². The first-order valence-corrected chi connectivity index (χ1v) is 10.0. The van der Waals surface area contributed by atoms with Gasteiger partial charge in [0.15, 0.2) is 5.13 Å². The Morgan fingerprint density at radius 1 is 1.13 bits per heavy atom. The molecule has 0 fully saturated rings. The lowest BCUT2D eigenvalue weighted by Crippen LogP contribution is -2.07. The van der Waals surface area contributed by atoms with Crippen LogP contribution >= 0.6 is 22.9 Å². The van der Waals surface area contributed by atoms with Gasteiger partial charge in [0.25, 0.3) is 0 Å². The van der Waals surface area contributed by atoms with Gasteiger partial charge in [-0.1, -0.05) is 22.9 Å². The summed E-state index contributed by atoms with van der Waals surface area (Å²) < 4.78 is 11.2. The summed E-state index contributed by atoms with van der Waals surface area (Å²) in [5.41, 5.74) is 2.01. The number of thiazole rings is 1. The summed E-state index contributed by atoms with van der Waals surface area (Å²) >= 11 is 7.17. The Bertz CT molecular complexity index is 1260. The molecule has 0 aliphatic rings. The Hall–Kier alpha value is -3.42. The lowest BCUT2D eigenvalue weighted by molar-refractivity contribution is -0.111. The number of nitrogens with one attached hydrogen (secondary N) is 1. The van der Waals surface area contributed by atoms with Crippen molar-refractivity contribution in [2.24, 2.45) is 0 Å². The molecule has 2 aromatic heterocycles. The van der Waals surface area contributed by atoms with Crippen molar-refractivity contribution in [1.82, 2.24) is 4.98 Å². The topological polar surface area (TPSA) is 81.4 Å². The predicted molar refractivity (Wildman–Crippen MR) is 118 cm³/mol. The van der Waals surface area contributed by atoms with Gasteiger partial charge >= 0.3 is 5.97 Å². The monoisotopic (exact) mass is 438 g/mol. The number of halogens is 1. The fraction of sp³-hybridized carbons (Fsp3) is 0.0455. The van der Waals surface area contributed by atoms with Crippen LogP contribution in [0.15, 0.2) is 65.1 Å². The Balaban J connectivity index is 1.43. The minimum Gasteiger partial charge on any atom is -0.465 e. The van der Waals surface area contributed by atoms with Crippen LogP contribution < -0.4 is 5.32 Å². The van der Waals surface area contributed by atoms with Crippen molar-refractivity contribution in [2.45, 2.75) is 0 Å². The van der Waals surface area contributed by atoms with E-state index >= 15 is 0 Å². The van der Waals surface area contributed by atoms with Crippen molar-refractivity contribution < 1.29 is 18.7 Å². The number of benzene rings is 2. The van der Waals surface area contributed by atoms with E-state index in [-0.39, 0.29) is 5.91 Å². The molecule has 0 bridgehead atoms. The third-order valence-corrected chi connectivity index (χ3v) is 5.38. The van der Waals surface area contributed by atoms with Crippen molar-refractivity contribution in [1.29, 1.82) is 0 Å². The number of esters is 1. The van der Waals surface area contributed by atoms with E-state index in [1.165, 1.54) is 24.5 Å². The number of amides is 1. The maximum absolute atomic E-state index is 12.2. The SMILES string of the molecule is COC(=O)c1ccc2nc(NC(=O)/C=C/c3ccc(-c4ccc(Cl)cc4)o3)sc2c1. The zero-order valence-electron chi connectivity index (χ0n) is 15.7. The first-order chi connectivity index (χ1) is 14.5. The lowest BCUT2D eigenvalue weighted by Gasteiger charge is -1.97. The first-order valence-electron chi connectivity index (χ1n) is 8.85. The summed E-state index contributed by atoms with van der Waals surface area (Å²) in [6.45, 7) is 0. The van der Waals surface area contributed by atoms with E-state index in [1.54, 1.807) is 42.5 Å². The number of carbonyl (C=O) groups excluding carboxylic acids is 2. The molecule has 0 radical (unpaired) electrons. The van der Waals surface area contributed by atoms with E-state index in [4.69, 9.17) is 20.8 Å². The highest BCUT2D eigenvalue weighted by Gasteiger charge is 2.11. The highest BCUT2D eigenvalue weighted by molar-refractivity contribution is 7.22. The number of ether oxygens (including phenoxy) is 1. The third kappa shape index (κ3) is 4.42. The molecule has 30 heavy (non-hydrogen) atoms. The molecule has 0 atom stereocenters. The number of anilines is 1. The second-order valence-electron chi connectivity index (χ2n) is 6.22. The number of aromatic nitrogens is 1. The summed E-state index contributed by atoms with van der Waals surface area (Å²) in [7, 11) is 1.33. The first kappa shape index (κ1) is 19.9. The molecule has 0 aliphatic heterocycles. The molecule has 2 aromatic carbocycles. The number of methoxy groups -OCH3 is 1. The van der Waals surface area contributed by atoms with Crippen molar-refractivity contribution in [3.63, 3.8) is 0 Å². The van der Waals surface area contributed by atoms with Gasteiger partial charge in [0, 0.05) is 16.7 Å². The largest absolute Gasteiger partial charge is 0.465 e. The zero-order valence-corrected chi connectivity index (χ0v) is 17.3. The van der Waals surface area contributed by atoms with Crippen molar-refractivity contribution in [3.8, 4) is 11.3 Å². The lowest BCUT2D eigenvalue weighted by atomic mass is 10.2. The Labute approximate surface area is 180 Å². The zero-order chi connectivity index (χ0) is 21.1. The summed E-state index contributed by atoms with van der Waals surface area (Å²) in [6.07, 6.45) is 2.95. The minimum absolute atomic E-state index is 0.341. The molecule has 4 aromatic rings. The molecule has 0 spiro atoms. The van der Waals surface area contributed by atoms with E-state index in [1.807, 2.05) is 18.2 Å². The average Bonchev–Trinajstić information content (AvgIpc) is 3.38. The predicted octanol–water partition coefficient (Wildman–Crippen LogP) is 5.65. The molecule has 0 aliphatic carbocycles. The van der Waals surface area contributed by atoms with Crippen LogP contribution in [0, 0.1) is 0 Å². The van der Waals surface area contributed by atoms with E-state index in [0.29, 0.717) is 32.8 Å². The van der Waals surface area contributed by atoms with Crippen LogP contribution in [-0.4, -0.2) is 24.0 Å². The van der Waals surface area contributed by atoms with Crippen molar-refractivity contribution in [2.75, 3.05) is 12.4 Å². The number of fused-ring (bicyclic) bond motifs is 1. The summed E-state index contributed by atoms with van der Waals surface area (Å²) in [5.74, 6) is 0.461. The molecule has 150 valence electrons. The molecule has 0 saturated heterocycles. The number of furan rings is 1. The maximum Gasteiger partial charge on any atom is 0.337 e. The van der Waals surface area contributed by atoms with Gasteiger partial charge < -0.3 is 9.15 Å². The van der Waals surface area contributed by atoms with Gasteiger partial charge in [0.05, 0.1) is 22.9 Å². The summed E-state index contributed by atoms with van der Waals surface area (Å²) in [4.78, 5) is 28.2. The van der Waals surface area contributed by atoms with Gasteiger partial charge in [0.1, 0.15) is 11.5 Å². The van der Waals surface area contributed by atoms with Crippen molar-refractivity contribution >= 4 is 56.2 Å². The minimum atomic E-state index is -0.421. The Morgan fingerprint density at radius 2 is 1.93 bits per heavy atom. The molecule has 2 heterocycles. The van der Waals surface area contributed by atoms with Crippen molar-refractivity contribution in [3.05, 3.63) is 77.0 Å². The van der Waals surface area contributed by atoms with Gasteiger partial charge in [-0.2, -0.15) is 0 Å². The van der Waals surface area contributed by atoms with Gasteiger partial charge in [-0.25, -0.2) is 9.78 Å². The van der Waals surface area contributed by atoms with Crippen LogP contribution in [0.1, 0.15) is 16.1 Å². The van der Waals surface area contributed by atoms with Crippen LogP contribution in [0.25, 0.3) is 27.6 Å². The fourth-order valence-electron chi connectivity index (χ4n) is 2.74. The summed E-state index contributed by atoms with van der Waals surface area (Å²) in [5, 5.41) is 3.80. The number of nitrogens with zero attached hydrogens (tertiary/aromatic N) is 1. The van der Waals surface area contributed by atoms with Gasteiger partial charge in [-0.3, -0.25) is 10.1 Å². The number of hydrogen-bond acceptors (Lipinski definition) is 6. The van der Waals surface area contributed by atoms with Gasteiger partial charge in [0.2, 0.25) is 5.91 Å². The van der Waals surface area contributed by atoms with E-state index in [0.717, 1.165) is 10.3 Å². The summed E-state index contributed by atoms with van der Waals surface area (Å²) in [6, 6.07) is 15.9. The number of carbonyl (C=O) groups is 2. The normalized spacial score (nSPS) is 11.1. The molecule has 0 unspecified atom stereocenters. The van der Waals surface area contributed by atoms with Crippen LogP contribution in [0.2, 0.25) is 5.02 Å². The Morgan fingerprint density at radius 3 is 2.70 bits per heavy atom. The fourth-order valence-corrected chi connectivity index (χ4v) is 3.77. The second kappa shape index (κ2) is 8.52. The van der Waals surface area contributed by atoms with Crippen LogP contribution in [0.4, 0.5) is 5.13 Å². The van der Waals surface area contributed by atoms with Gasteiger partial charge in [-0.05, 0) is 60.7 Å².